The van der Waals surface area contributed by atoms with Crippen molar-refractivity contribution in [1.82, 2.24) is 4.98 Å². The van der Waals surface area contributed by atoms with Crippen LogP contribution in [0.3, 0.4) is 0 Å². The van der Waals surface area contributed by atoms with Gasteiger partial charge in [0.1, 0.15) is 5.69 Å². The maximum absolute atomic E-state index is 12.6. The Hall–Kier alpha value is -2.54. The van der Waals surface area contributed by atoms with E-state index in [1.54, 1.807) is 6.07 Å². The minimum Gasteiger partial charge on any atom is -0.477 e. The van der Waals surface area contributed by atoms with Gasteiger partial charge in [-0.1, -0.05) is 31.4 Å². The van der Waals surface area contributed by atoms with Crippen molar-refractivity contribution in [3.05, 3.63) is 59.4 Å². The number of nitrogens with one attached hydrogen (secondary N) is 1. The largest absolute Gasteiger partial charge is 0.477 e. The van der Waals surface area contributed by atoms with Crippen molar-refractivity contribution >= 4 is 28.4 Å². The predicted octanol–water partition coefficient (Wildman–Crippen LogP) is 3.61. The molecule has 7 heteroatoms. The first-order chi connectivity index (χ1) is 13.0. The number of benzene rings is 1. The van der Waals surface area contributed by atoms with Gasteiger partial charge in [-0.05, 0) is 42.7 Å². The zero-order valence-corrected chi connectivity index (χ0v) is 15.7. The molecule has 2 aromatic rings. The van der Waals surface area contributed by atoms with Gasteiger partial charge in [0.2, 0.25) is 0 Å². The number of carboxylic acid groups (broad SMARTS) is 1. The van der Waals surface area contributed by atoms with Gasteiger partial charge in [-0.25, -0.2) is 9.78 Å². The Bertz CT molecular complexity index is 863. The number of rotatable bonds is 6. The normalized spacial score (nSPS) is 15.9. The van der Waals surface area contributed by atoms with Crippen LogP contribution in [0.15, 0.2) is 42.6 Å². The molecule has 1 saturated carbocycles. The van der Waals surface area contributed by atoms with Crippen LogP contribution in [0, 0.1) is 0 Å². The summed E-state index contributed by atoms with van der Waals surface area (Å²) < 4.78 is 12.6. The molecule has 0 spiro atoms. The molecule has 2 N–H and O–H groups in total. The number of nitrogens with zero attached hydrogens (tertiary/aromatic N) is 1. The van der Waals surface area contributed by atoms with Gasteiger partial charge in [-0.15, -0.1) is 0 Å². The molecule has 142 valence electrons. The molecule has 1 aromatic heterocycles. The Balaban J connectivity index is 1.66. The molecule has 1 amide bonds. The zero-order valence-electron chi connectivity index (χ0n) is 14.9. The summed E-state index contributed by atoms with van der Waals surface area (Å²) in [5, 5.41) is 12.0. The molecule has 1 heterocycles. The lowest BCUT2D eigenvalue weighted by molar-refractivity contribution is 0.0690. The van der Waals surface area contributed by atoms with E-state index >= 15 is 0 Å². The van der Waals surface area contributed by atoms with Crippen LogP contribution in [0.5, 0.6) is 0 Å². The van der Waals surface area contributed by atoms with Crippen LogP contribution in [0.2, 0.25) is 0 Å². The van der Waals surface area contributed by atoms with E-state index in [2.05, 4.69) is 10.3 Å². The fraction of sp³-hybridized carbons (Fsp3) is 0.350. The topological polar surface area (TPSA) is 96.4 Å². The molecular weight excluding hydrogens is 364 g/mol. The lowest BCUT2D eigenvalue weighted by Gasteiger charge is -2.21. The quantitative estimate of drug-likeness (QED) is 0.790. The third-order valence-corrected chi connectivity index (χ3v) is 6.49. The van der Waals surface area contributed by atoms with Gasteiger partial charge in [0.15, 0.2) is 0 Å². The van der Waals surface area contributed by atoms with Crippen LogP contribution in [-0.4, -0.2) is 31.4 Å². The molecule has 3 rings (SSSR count). The first-order valence-electron chi connectivity index (χ1n) is 9.00. The highest BCUT2D eigenvalue weighted by atomic mass is 32.2. The third kappa shape index (κ3) is 5.23. The molecule has 27 heavy (non-hydrogen) atoms. The van der Waals surface area contributed by atoms with E-state index in [1.165, 1.54) is 24.8 Å². The molecule has 0 radical (unpaired) electrons. The van der Waals surface area contributed by atoms with E-state index in [0.29, 0.717) is 11.4 Å². The molecule has 1 aromatic carbocycles. The minimum absolute atomic E-state index is 0.181. The van der Waals surface area contributed by atoms with E-state index < -0.39 is 22.7 Å². The van der Waals surface area contributed by atoms with Crippen molar-refractivity contribution in [3.8, 4) is 0 Å². The molecule has 6 nitrogen and oxygen atoms in total. The standard InChI is InChI=1S/C20H22N2O4S/c23-19(15-9-10-21-18(12-15)20(24)25)22-16-6-4-5-14(11-16)13-27(26)17-7-2-1-3-8-17/h4-6,9-12,17H,1-3,7-8,13H2,(H,22,23)(H,24,25). The second kappa shape index (κ2) is 8.90. The number of aromatic nitrogens is 1. The van der Waals surface area contributed by atoms with Crippen molar-refractivity contribution in [1.29, 1.82) is 0 Å². The van der Waals surface area contributed by atoms with Crippen LogP contribution >= 0.6 is 0 Å². The average Bonchev–Trinajstić information content (AvgIpc) is 2.69. The predicted molar refractivity (Wildman–Crippen MR) is 104 cm³/mol. The zero-order chi connectivity index (χ0) is 19.2. The smallest absolute Gasteiger partial charge is 0.354 e. The number of carbonyl (C=O) groups is 2. The molecule has 0 aliphatic heterocycles. The minimum atomic E-state index is -1.18. The van der Waals surface area contributed by atoms with Crippen LogP contribution in [0.4, 0.5) is 5.69 Å². The maximum Gasteiger partial charge on any atom is 0.354 e. The second-order valence-corrected chi connectivity index (χ2v) is 8.39. The second-order valence-electron chi connectivity index (χ2n) is 6.67. The van der Waals surface area contributed by atoms with Gasteiger partial charge in [0.25, 0.3) is 5.91 Å². The fourth-order valence-corrected chi connectivity index (χ4v) is 4.84. The first-order valence-corrected chi connectivity index (χ1v) is 10.4. The van der Waals surface area contributed by atoms with Crippen molar-refractivity contribution in [2.45, 2.75) is 43.1 Å². The molecule has 1 unspecified atom stereocenters. The van der Waals surface area contributed by atoms with Gasteiger partial charge >= 0.3 is 5.97 Å². The number of pyridine rings is 1. The average molecular weight is 386 g/mol. The molecule has 1 atom stereocenters. The number of aromatic carboxylic acids is 1. The Morgan fingerprint density at radius 1 is 1.15 bits per heavy atom. The summed E-state index contributed by atoms with van der Waals surface area (Å²) in [6.45, 7) is 0. The molecule has 1 fully saturated rings. The molecule has 1 aliphatic carbocycles. The molecule has 0 saturated heterocycles. The SMILES string of the molecule is O=C(Nc1cccc(CS(=O)C2CCCCC2)c1)c1ccnc(C(=O)O)c1. The summed E-state index contributed by atoms with van der Waals surface area (Å²) in [5.74, 6) is -1.12. The Morgan fingerprint density at radius 3 is 2.67 bits per heavy atom. The summed E-state index contributed by atoms with van der Waals surface area (Å²) in [7, 11) is -0.909. The molecular formula is C20H22N2O4S. The first kappa shape index (κ1) is 19.2. The Morgan fingerprint density at radius 2 is 1.93 bits per heavy atom. The summed E-state index contributed by atoms with van der Waals surface area (Å²) in [4.78, 5) is 27.1. The highest BCUT2D eigenvalue weighted by Gasteiger charge is 2.20. The van der Waals surface area contributed by atoms with Gasteiger partial charge in [0, 0.05) is 39.3 Å². The number of amides is 1. The highest BCUT2D eigenvalue weighted by Crippen LogP contribution is 2.24. The van der Waals surface area contributed by atoms with E-state index in [4.69, 9.17) is 5.11 Å². The Labute approximate surface area is 160 Å². The number of anilines is 1. The number of carboxylic acids is 1. The van der Waals surface area contributed by atoms with E-state index in [0.717, 1.165) is 31.2 Å². The van der Waals surface area contributed by atoms with Crippen LogP contribution in [0.1, 0.15) is 58.5 Å². The summed E-state index contributed by atoms with van der Waals surface area (Å²) in [6.07, 6.45) is 6.87. The summed E-state index contributed by atoms with van der Waals surface area (Å²) in [5.41, 5.74) is 1.54. The molecule has 1 aliphatic rings. The molecule has 0 bridgehead atoms. The van der Waals surface area contributed by atoms with E-state index in [1.807, 2.05) is 18.2 Å². The number of hydrogen-bond donors (Lipinski definition) is 2. The highest BCUT2D eigenvalue weighted by molar-refractivity contribution is 7.84. The van der Waals surface area contributed by atoms with Gasteiger partial charge in [-0.3, -0.25) is 9.00 Å². The van der Waals surface area contributed by atoms with Gasteiger partial charge in [0.05, 0.1) is 0 Å². The third-order valence-electron chi connectivity index (χ3n) is 4.66. The number of carbonyl (C=O) groups excluding carboxylic acids is 1. The summed E-state index contributed by atoms with van der Waals surface area (Å²) in [6, 6.07) is 10.00. The van der Waals surface area contributed by atoms with Crippen LogP contribution in [0.25, 0.3) is 0 Å². The lowest BCUT2D eigenvalue weighted by Crippen LogP contribution is -2.20. The van der Waals surface area contributed by atoms with E-state index in [9.17, 15) is 13.8 Å². The van der Waals surface area contributed by atoms with Gasteiger partial charge < -0.3 is 10.4 Å². The summed E-state index contributed by atoms with van der Waals surface area (Å²) >= 11 is 0. The lowest BCUT2D eigenvalue weighted by atomic mass is 10.0. The van der Waals surface area contributed by atoms with Crippen molar-refractivity contribution in [2.75, 3.05) is 5.32 Å². The Kier molecular flexibility index (Phi) is 6.34. The number of hydrogen-bond acceptors (Lipinski definition) is 4. The van der Waals surface area contributed by atoms with Crippen molar-refractivity contribution < 1.29 is 18.9 Å². The van der Waals surface area contributed by atoms with Gasteiger partial charge in [-0.2, -0.15) is 0 Å². The van der Waals surface area contributed by atoms with Crippen molar-refractivity contribution in [2.24, 2.45) is 0 Å². The monoisotopic (exact) mass is 386 g/mol. The van der Waals surface area contributed by atoms with Crippen LogP contribution < -0.4 is 5.32 Å². The fourth-order valence-electron chi connectivity index (χ4n) is 3.24. The van der Waals surface area contributed by atoms with Crippen molar-refractivity contribution in [3.63, 3.8) is 0 Å². The van der Waals surface area contributed by atoms with E-state index in [-0.39, 0.29) is 16.5 Å². The maximum atomic E-state index is 12.6. The van der Waals surface area contributed by atoms with Crippen LogP contribution in [-0.2, 0) is 16.6 Å².